The Balaban J connectivity index is 2.18. The minimum Gasteiger partial charge on any atom is -0.483 e. The van der Waals surface area contributed by atoms with Gasteiger partial charge in [0.05, 0.1) is 0 Å². The Morgan fingerprint density at radius 3 is 2.48 bits per heavy atom. The van der Waals surface area contributed by atoms with Crippen LogP contribution in [0.4, 0.5) is 0 Å². The SMILES string of the molecule is CCNC(=O)[C@@H](C)N(Cc1cccc(Br)c1)C(=O)COc1ccccc1C(C)C. The average Bonchev–Trinajstić information content (AvgIpc) is 2.70. The maximum atomic E-state index is 13.0. The number of nitrogens with one attached hydrogen (secondary N) is 1. The van der Waals surface area contributed by atoms with Crippen LogP contribution in [0, 0.1) is 0 Å². The normalized spacial score (nSPS) is 11.8. The van der Waals surface area contributed by atoms with Crippen molar-refractivity contribution in [1.29, 1.82) is 0 Å². The third kappa shape index (κ3) is 6.60. The lowest BCUT2D eigenvalue weighted by Crippen LogP contribution is -2.49. The number of carbonyl (C=O) groups is 2. The van der Waals surface area contributed by atoms with Crippen LogP contribution in [0.2, 0.25) is 0 Å². The van der Waals surface area contributed by atoms with Crippen LogP contribution in [0.15, 0.2) is 53.0 Å². The first-order chi connectivity index (χ1) is 13.8. The molecule has 0 fully saturated rings. The molecule has 0 aromatic heterocycles. The van der Waals surface area contributed by atoms with Crippen LogP contribution < -0.4 is 10.1 Å². The molecule has 2 aromatic rings. The molecule has 1 N–H and O–H groups in total. The largest absolute Gasteiger partial charge is 0.483 e. The number of amides is 2. The van der Waals surface area contributed by atoms with E-state index in [0.29, 0.717) is 18.8 Å². The summed E-state index contributed by atoms with van der Waals surface area (Å²) in [7, 11) is 0. The summed E-state index contributed by atoms with van der Waals surface area (Å²) in [6.07, 6.45) is 0. The van der Waals surface area contributed by atoms with Gasteiger partial charge in [-0.05, 0) is 49.1 Å². The number of rotatable bonds is 9. The van der Waals surface area contributed by atoms with Crippen molar-refractivity contribution in [2.24, 2.45) is 0 Å². The average molecular weight is 461 g/mol. The van der Waals surface area contributed by atoms with Crippen LogP contribution in [-0.2, 0) is 16.1 Å². The molecule has 2 aromatic carbocycles. The minimum absolute atomic E-state index is 0.124. The molecule has 6 heteroatoms. The molecule has 0 aliphatic rings. The first-order valence-electron chi connectivity index (χ1n) is 9.86. The fraction of sp³-hybridized carbons (Fsp3) is 0.391. The van der Waals surface area contributed by atoms with Gasteiger partial charge in [0, 0.05) is 17.6 Å². The highest BCUT2D eigenvalue weighted by Crippen LogP contribution is 2.26. The smallest absolute Gasteiger partial charge is 0.261 e. The number of ether oxygens (including phenoxy) is 1. The third-order valence-corrected chi connectivity index (χ3v) is 5.15. The maximum Gasteiger partial charge on any atom is 0.261 e. The van der Waals surface area contributed by atoms with Crippen molar-refractivity contribution in [2.45, 2.75) is 46.2 Å². The van der Waals surface area contributed by atoms with Crippen molar-refractivity contribution >= 4 is 27.7 Å². The van der Waals surface area contributed by atoms with Gasteiger partial charge >= 0.3 is 0 Å². The molecule has 1 atom stereocenters. The van der Waals surface area contributed by atoms with Gasteiger partial charge in [-0.15, -0.1) is 0 Å². The summed E-state index contributed by atoms with van der Waals surface area (Å²) in [5.74, 6) is 0.568. The molecule has 0 spiro atoms. The number of carbonyl (C=O) groups excluding carboxylic acids is 2. The molecule has 0 saturated heterocycles. The second-order valence-electron chi connectivity index (χ2n) is 7.20. The Morgan fingerprint density at radius 2 is 1.83 bits per heavy atom. The molecule has 29 heavy (non-hydrogen) atoms. The van der Waals surface area contributed by atoms with Gasteiger partial charge in [0.1, 0.15) is 11.8 Å². The second kappa shape index (κ2) is 11.0. The van der Waals surface area contributed by atoms with E-state index in [2.05, 4.69) is 35.1 Å². The van der Waals surface area contributed by atoms with Gasteiger partial charge in [0.2, 0.25) is 5.91 Å². The quantitative estimate of drug-likeness (QED) is 0.598. The third-order valence-electron chi connectivity index (χ3n) is 4.65. The highest BCUT2D eigenvalue weighted by molar-refractivity contribution is 9.10. The van der Waals surface area contributed by atoms with E-state index in [1.165, 1.54) is 0 Å². The van der Waals surface area contributed by atoms with Crippen molar-refractivity contribution in [3.8, 4) is 5.75 Å². The van der Waals surface area contributed by atoms with E-state index in [1.807, 2.05) is 55.5 Å². The number of likely N-dealkylation sites (N-methyl/N-ethyl adjacent to an activating group) is 1. The number of para-hydroxylation sites is 1. The molecular weight excluding hydrogens is 432 g/mol. The van der Waals surface area contributed by atoms with Crippen LogP contribution in [0.1, 0.15) is 44.7 Å². The number of benzene rings is 2. The summed E-state index contributed by atoms with van der Waals surface area (Å²) in [4.78, 5) is 27.0. The molecule has 5 nitrogen and oxygen atoms in total. The number of halogens is 1. The fourth-order valence-corrected chi connectivity index (χ4v) is 3.49. The zero-order valence-electron chi connectivity index (χ0n) is 17.4. The minimum atomic E-state index is -0.606. The molecule has 0 saturated carbocycles. The van der Waals surface area contributed by atoms with Gasteiger partial charge < -0.3 is 15.0 Å². The standard InChI is InChI=1S/C23H29BrN2O3/c1-5-25-23(28)17(4)26(14-18-9-8-10-19(24)13-18)22(27)15-29-21-12-7-6-11-20(21)16(2)3/h6-13,16-17H,5,14-15H2,1-4H3,(H,25,28)/t17-/m1/s1. The summed E-state index contributed by atoms with van der Waals surface area (Å²) < 4.78 is 6.79. The molecule has 2 rings (SSSR count). The summed E-state index contributed by atoms with van der Waals surface area (Å²) in [6.45, 7) is 8.48. The van der Waals surface area contributed by atoms with E-state index in [9.17, 15) is 9.59 Å². The second-order valence-corrected chi connectivity index (χ2v) is 8.12. The molecule has 0 radical (unpaired) electrons. The van der Waals surface area contributed by atoms with Gasteiger partial charge in [-0.25, -0.2) is 0 Å². The first kappa shape index (κ1) is 22.9. The summed E-state index contributed by atoms with van der Waals surface area (Å²) in [5.41, 5.74) is 1.99. The molecule has 0 aliphatic carbocycles. The van der Waals surface area contributed by atoms with E-state index in [-0.39, 0.29) is 24.3 Å². The molecule has 0 aliphatic heterocycles. The van der Waals surface area contributed by atoms with Crippen molar-refractivity contribution in [3.63, 3.8) is 0 Å². The lowest BCUT2D eigenvalue weighted by atomic mass is 10.0. The predicted molar refractivity (Wildman–Crippen MR) is 119 cm³/mol. The maximum absolute atomic E-state index is 13.0. The Kier molecular flexibility index (Phi) is 8.70. The van der Waals surface area contributed by atoms with E-state index in [1.54, 1.807) is 11.8 Å². The van der Waals surface area contributed by atoms with Crippen LogP contribution >= 0.6 is 15.9 Å². The number of nitrogens with zero attached hydrogens (tertiary/aromatic N) is 1. The van der Waals surface area contributed by atoms with Gasteiger partial charge in [-0.3, -0.25) is 9.59 Å². The van der Waals surface area contributed by atoms with Crippen molar-refractivity contribution in [3.05, 3.63) is 64.1 Å². The first-order valence-corrected chi connectivity index (χ1v) is 10.7. The van der Waals surface area contributed by atoms with E-state index in [4.69, 9.17) is 4.74 Å². The Bertz CT molecular complexity index is 838. The highest BCUT2D eigenvalue weighted by Gasteiger charge is 2.26. The van der Waals surface area contributed by atoms with Crippen LogP contribution in [-0.4, -0.2) is 35.9 Å². The summed E-state index contributed by atoms with van der Waals surface area (Å²) in [5, 5.41) is 2.79. The van der Waals surface area contributed by atoms with Crippen LogP contribution in [0.5, 0.6) is 5.75 Å². The van der Waals surface area contributed by atoms with Gasteiger partial charge in [0.25, 0.3) is 5.91 Å². The molecule has 2 amide bonds. The van der Waals surface area contributed by atoms with E-state index in [0.717, 1.165) is 15.6 Å². The van der Waals surface area contributed by atoms with Crippen molar-refractivity contribution in [2.75, 3.05) is 13.2 Å². The van der Waals surface area contributed by atoms with Crippen LogP contribution in [0.25, 0.3) is 0 Å². The monoisotopic (exact) mass is 460 g/mol. The molecule has 0 heterocycles. The number of hydrogen-bond acceptors (Lipinski definition) is 3. The fourth-order valence-electron chi connectivity index (χ4n) is 3.05. The van der Waals surface area contributed by atoms with Crippen LogP contribution in [0.3, 0.4) is 0 Å². The van der Waals surface area contributed by atoms with Crippen molar-refractivity contribution in [1.82, 2.24) is 10.2 Å². The Morgan fingerprint density at radius 1 is 1.10 bits per heavy atom. The van der Waals surface area contributed by atoms with E-state index < -0.39 is 6.04 Å². The zero-order chi connectivity index (χ0) is 21.4. The topological polar surface area (TPSA) is 58.6 Å². The lowest BCUT2D eigenvalue weighted by molar-refractivity contribution is -0.142. The van der Waals surface area contributed by atoms with E-state index >= 15 is 0 Å². The molecule has 0 bridgehead atoms. The Hall–Kier alpha value is -2.34. The van der Waals surface area contributed by atoms with Gasteiger partial charge in [0.15, 0.2) is 6.61 Å². The predicted octanol–water partition coefficient (Wildman–Crippen LogP) is 4.50. The highest BCUT2D eigenvalue weighted by atomic mass is 79.9. The molecular formula is C23H29BrN2O3. The summed E-state index contributed by atoms with van der Waals surface area (Å²) >= 11 is 3.46. The van der Waals surface area contributed by atoms with Crippen molar-refractivity contribution < 1.29 is 14.3 Å². The lowest BCUT2D eigenvalue weighted by Gasteiger charge is -2.29. The Labute approximate surface area is 181 Å². The van der Waals surface area contributed by atoms with Gasteiger partial charge in [-0.1, -0.05) is 60.1 Å². The summed E-state index contributed by atoms with van der Waals surface area (Å²) in [6, 6.07) is 14.8. The molecule has 156 valence electrons. The van der Waals surface area contributed by atoms with Gasteiger partial charge in [-0.2, -0.15) is 0 Å². The molecule has 0 unspecified atom stereocenters. The number of hydrogen-bond donors (Lipinski definition) is 1. The zero-order valence-corrected chi connectivity index (χ0v) is 19.0.